The Labute approximate surface area is 159 Å². The summed E-state index contributed by atoms with van der Waals surface area (Å²) < 4.78 is 16.5. The normalized spacial score (nSPS) is 10.8. The molecule has 0 amide bonds. The number of rotatable bonds is 6. The molecule has 0 radical (unpaired) electrons. The van der Waals surface area contributed by atoms with Crippen LogP contribution in [0.25, 0.3) is 11.0 Å². The Morgan fingerprint density at radius 3 is 2.52 bits per heavy atom. The molecule has 0 atom stereocenters. The Kier molecular flexibility index (Phi) is 5.37. The average molecular weight is 389 g/mol. The SMILES string of the molecule is Cc1cc(Oc2coc3cc(OCCC(=O)O)ccc3c2=O)cc(C)c1Cl. The average Bonchev–Trinajstić information content (AvgIpc) is 2.62. The first-order valence-electron chi connectivity index (χ1n) is 8.20. The van der Waals surface area contributed by atoms with Crippen molar-refractivity contribution in [3.8, 4) is 17.2 Å². The smallest absolute Gasteiger partial charge is 0.306 e. The summed E-state index contributed by atoms with van der Waals surface area (Å²) >= 11 is 6.15. The largest absolute Gasteiger partial charge is 0.493 e. The van der Waals surface area contributed by atoms with Crippen molar-refractivity contribution in [3.05, 3.63) is 63.0 Å². The van der Waals surface area contributed by atoms with Crippen LogP contribution in [0.15, 0.2) is 45.8 Å². The van der Waals surface area contributed by atoms with Crippen molar-refractivity contribution in [2.75, 3.05) is 6.61 Å². The fourth-order valence-electron chi connectivity index (χ4n) is 2.60. The molecule has 140 valence electrons. The third kappa shape index (κ3) is 4.23. The molecule has 6 nitrogen and oxygen atoms in total. The van der Waals surface area contributed by atoms with Crippen LogP contribution in [0.1, 0.15) is 17.5 Å². The lowest BCUT2D eigenvalue weighted by atomic mass is 10.1. The van der Waals surface area contributed by atoms with Gasteiger partial charge in [-0.3, -0.25) is 9.59 Å². The van der Waals surface area contributed by atoms with E-state index in [0.717, 1.165) is 11.1 Å². The van der Waals surface area contributed by atoms with E-state index in [-0.39, 0.29) is 24.2 Å². The first-order valence-corrected chi connectivity index (χ1v) is 8.57. The van der Waals surface area contributed by atoms with Gasteiger partial charge in [0.25, 0.3) is 0 Å². The van der Waals surface area contributed by atoms with E-state index in [9.17, 15) is 9.59 Å². The zero-order valence-corrected chi connectivity index (χ0v) is 15.5. The van der Waals surface area contributed by atoms with Crippen molar-refractivity contribution in [3.63, 3.8) is 0 Å². The molecule has 1 heterocycles. The number of fused-ring (bicyclic) bond motifs is 1. The number of benzene rings is 2. The predicted octanol–water partition coefficient (Wildman–Crippen LogP) is 4.71. The van der Waals surface area contributed by atoms with Crippen molar-refractivity contribution in [1.29, 1.82) is 0 Å². The zero-order chi connectivity index (χ0) is 19.6. The van der Waals surface area contributed by atoms with Gasteiger partial charge in [-0.2, -0.15) is 0 Å². The summed E-state index contributed by atoms with van der Waals surface area (Å²) in [5.74, 6) is 0.0270. The first kappa shape index (κ1) is 18.8. The molecule has 2 aromatic carbocycles. The van der Waals surface area contributed by atoms with E-state index < -0.39 is 5.97 Å². The van der Waals surface area contributed by atoms with Gasteiger partial charge in [-0.1, -0.05) is 11.6 Å². The summed E-state index contributed by atoms with van der Waals surface area (Å²) in [5, 5.41) is 9.63. The topological polar surface area (TPSA) is 86.0 Å². The maximum atomic E-state index is 12.7. The van der Waals surface area contributed by atoms with Crippen molar-refractivity contribution in [2.24, 2.45) is 0 Å². The number of carboxylic acid groups (broad SMARTS) is 1. The number of halogens is 1. The van der Waals surface area contributed by atoms with Gasteiger partial charge in [0.1, 0.15) is 23.3 Å². The van der Waals surface area contributed by atoms with Crippen LogP contribution in [0.2, 0.25) is 5.02 Å². The number of aliphatic carboxylic acids is 1. The second-order valence-corrected chi connectivity index (χ2v) is 6.43. The molecule has 0 aliphatic carbocycles. The van der Waals surface area contributed by atoms with E-state index in [1.54, 1.807) is 30.3 Å². The first-order chi connectivity index (χ1) is 12.8. The molecule has 0 saturated carbocycles. The monoisotopic (exact) mass is 388 g/mol. The van der Waals surface area contributed by atoms with E-state index in [2.05, 4.69) is 0 Å². The standard InChI is InChI=1S/C20H17ClO6/c1-11-7-14(8-12(2)19(11)21)27-17-10-26-16-9-13(25-6-5-18(22)23)3-4-15(16)20(17)24/h3-4,7-10H,5-6H2,1-2H3,(H,22,23). The summed E-state index contributed by atoms with van der Waals surface area (Å²) in [6.45, 7) is 3.75. The molecule has 1 aromatic heterocycles. The molecule has 0 unspecified atom stereocenters. The molecule has 0 bridgehead atoms. The fraction of sp³-hybridized carbons (Fsp3) is 0.200. The third-order valence-electron chi connectivity index (χ3n) is 3.94. The van der Waals surface area contributed by atoms with Crippen molar-refractivity contribution in [2.45, 2.75) is 20.3 Å². The van der Waals surface area contributed by atoms with Gasteiger partial charge in [0.2, 0.25) is 11.2 Å². The minimum atomic E-state index is -0.947. The second-order valence-electron chi connectivity index (χ2n) is 6.05. The minimum absolute atomic E-state index is 0.0293. The Bertz CT molecular complexity index is 1050. The van der Waals surface area contributed by atoms with E-state index >= 15 is 0 Å². The summed E-state index contributed by atoms with van der Waals surface area (Å²) in [7, 11) is 0. The number of hydrogen-bond acceptors (Lipinski definition) is 5. The summed E-state index contributed by atoms with van der Waals surface area (Å²) in [5.41, 5.74) is 1.70. The lowest BCUT2D eigenvalue weighted by molar-refractivity contribution is -0.137. The summed E-state index contributed by atoms with van der Waals surface area (Å²) in [6, 6.07) is 8.18. The van der Waals surface area contributed by atoms with Gasteiger partial charge in [-0.05, 0) is 49.2 Å². The highest BCUT2D eigenvalue weighted by molar-refractivity contribution is 6.32. The Balaban J connectivity index is 1.87. The number of carbonyl (C=O) groups is 1. The highest BCUT2D eigenvalue weighted by atomic mass is 35.5. The van der Waals surface area contributed by atoms with E-state index in [1.807, 2.05) is 13.8 Å². The number of aryl methyl sites for hydroxylation is 2. The number of ether oxygens (including phenoxy) is 2. The number of hydrogen-bond donors (Lipinski definition) is 1. The molecule has 0 aliphatic heterocycles. The van der Waals surface area contributed by atoms with Crippen LogP contribution in [0.4, 0.5) is 0 Å². The lowest BCUT2D eigenvalue weighted by Crippen LogP contribution is -2.06. The molecule has 0 saturated heterocycles. The van der Waals surface area contributed by atoms with Gasteiger partial charge in [-0.25, -0.2) is 0 Å². The lowest BCUT2D eigenvalue weighted by Gasteiger charge is -2.10. The quantitative estimate of drug-likeness (QED) is 0.658. The molecule has 0 fully saturated rings. The molecule has 3 rings (SSSR count). The van der Waals surface area contributed by atoms with Crippen molar-refractivity contribution >= 4 is 28.5 Å². The minimum Gasteiger partial charge on any atom is -0.493 e. The van der Waals surface area contributed by atoms with Gasteiger partial charge in [-0.15, -0.1) is 0 Å². The Morgan fingerprint density at radius 2 is 1.85 bits per heavy atom. The molecular weight excluding hydrogens is 372 g/mol. The Hall–Kier alpha value is -2.99. The highest BCUT2D eigenvalue weighted by Crippen LogP contribution is 2.29. The summed E-state index contributed by atoms with van der Waals surface area (Å²) in [4.78, 5) is 23.2. The van der Waals surface area contributed by atoms with Crippen LogP contribution in [-0.4, -0.2) is 17.7 Å². The molecule has 0 spiro atoms. The van der Waals surface area contributed by atoms with Crippen LogP contribution >= 0.6 is 11.6 Å². The Morgan fingerprint density at radius 1 is 1.15 bits per heavy atom. The zero-order valence-electron chi connectivity index (χ0n) is 14.7. The molecule has 27 heavy (non-hydrogen) atoms. The summed E-state index contributed by atoms with van der Waals surface area (Å²) in [6.07, 6.45) is 1.12. The fourth-order valence-corrected chi connectivity index (χ4v) is 2.71. The van der Waals surface area contributed by atoms with E-state index in [4.69, 9.17) is 30.6 Å². The highest BCUT2D eigenvalue weighted by Gasteiger charge is 2.12. The van der Waals surface area contributed by atoms with Gasteiger partial charge in [0.05, 0.1) is 18.4 Å². The maximum absolute atomic E-state index is 12.7. The molecule has 3 aromatic rings. The van der Waals surface area contributed by atoms with Crippen molar-refractivity contribution in [1.82, 2.24) is 0 Å². The van der Waals surface area contributed by atoms with Crippen LogP contribution in [-0.2, 0) is 4.79 Å². The predicted molar refractivity (Wildman–Crippen MR) is 101 cm³/mol. The van der Waals surface area contributed by atoms with Gasteiger partial charge >= 0.3 is 5.97 Å². The van der Waals surface area contributed by atoms with Gasteiger partial charge in [0.15, 0.2) is 0 Å². The van der Waals surface area contributed by atoms with Crippen LogP contribution in [0.3, 0.4) is 0 Å². The van der Waals surface area contributed by atoms with Gasteiger partial charge < -0.3 is 19.0 Å². The molecule has 0 aliphatic rings. The molecule has 1 N–H and O–H groups in total. The van der Waals surface area contributed by atoms with Gasteiger partial charge in [0, 0.05) is 11.1 Å². The molecular formula is C20H17ClO6. The van der Waals surface area contributed by atoms with Crippen LogP contribution in [0, 0.1) is 13.8 Å². The van der Waals surface area contributed by atoms with E-state index in [0.29, 0.717) is 27.5 Å². The number of carboxylic acids is 1. The second kappa shape index (κ2) is 7.72. The molecule has 7 heteroatoms. The maximum Gasteiger partial charge on any atom is 0.306 e. The van der Waals surface area contributed by atoms with Crippen molar-refractivity contribution < 1.29 is 23.8 Å². The van der Waals surface area contributed by atoms with E-state index in [1.165, 1.54) is 6.26 Å². The third-order valence-corrected chi connectivity index (χ3v) is 4.53. The van der Waals surface area contributed by atoms with Crippen LogP contribution < -0.4 is 14.9 Å². The van der Waals surface area contributed by atoms with Crippen LogP contribution in [0.5, 0.6) is 17.2 Å².